The summed E-state index contributed by atoms with van der Waals surface area (Å²) < 4.78 is 34.5. The van der Waals surface area contributed by atoms with E-state index in [1.54, 1.807) is 95.4 Å². The molecule has 0 aliphatic carbocycles. The number of rotatable bonds is 11. The van der Waals surface area contributed by atoms with E-state index in [9.17, 15) is 22.8 Å². The molecule has 0 saturated carbocycles. The van der Waals surface area contributed by atoms with Crippen LogP contribution in [0.15, 0.2) is 70.5 Å². The van der Waals surface area contributed by atoms with E-state index in [0.717, 1.165) is 15.2 Å². The molecule has 2 amide bonds. The lowest BCUT2D eigenvalue weighted by molar-refractivity contribution is -0.120. The number of hydrogen-bond donors (Lipinski definition) is 2. The number of benzene rings is 2. The first-order chi connectivity index (χ1) is 22.0. The monoisotopic (exact) mass is 681 g/mol. The van der Waals surface area contributed by atoms with E-state index in [1.807, 2.05) is 6.92 Å². The first-order valence-corrected chi connectivity index (χ1v) is 16.9. The molecule has 250 valence electrons. The van der Waals surface area contributed by atoms with Crippen molar-refractivity contribution in [2.45, 2.75) is 84.5 Å². The molecule has 0 aliphatic rings. The van der Waals surface area contributed by atoms with Crippen LogP contribution in [0.4, 0.5) is 4.79 Å². The number of aryl methyl sites for hydroxylation is 5. The van der Waals surface area contributed by atoms with Crippen molar-refractivity contribution in [1.82, 2.24) is 24.4 Å². The van der Waals surface area contributed by atoms with Gasteiger partial charge in [-0.25, -0.2) is 4.79 Å². The Hall–Kier alpha value is -4.42. The number of aromatic nitrogens is 3. The number of nitrogens with one attached hydrogen (secondary N) is 2. The third-order valence-corrected chi connectivity index (χ3v) is 9.20. The number of amides is 2. The summed E-state index contributed by atoms with van der Waals surface area (Å²) >= 11 is 6.21. The van der Waals surface area contributed by atoms with E-state index >= 15 is 0 Å². The standard InChI is InChI=1S/C34H40ClN5O6S/c1-22-7-11-29(12-8-22)47(44,45)40-28(17-24(3)38-40)14-16-39-15-13-23(2)30(32(39)42)19-31(41)36-21-26-18-27(35)10-9-25(26)20-37-33(43)46-34(4,5)6/h7-13,15,17-18H,14,16,19-21H2,1-6H3,(H,36,41)(H,37,43). The highest BCUT2D eigenvalue weighted by Crippen LogP contribution is 2.19. The molecule has 0 radical (unpaired) electrons. The largest absolute Gasteiger partial charge is 0.444 e. The van der Waals surface area contributed by atoms with E-state index in [0.29, 0.717) is 33.1 Å². The number of pyridine rings is 1. The van der Waals surface area contributed by atoms with Crippen molar-refractivity contribution in [3.63, 3.8) is 0 Å². The Morgan fingerprint density at radius 3 is 2.30 bits per heavy atom. The molecule has 2 N–H and O–H groups in total. The Balaban J connectivity index is 1.44. The molecule has 4 aromatic rings. The number of alkyl carbamates (subject to hydrolysis) is 1. The molecule has 0 fully saturated rings. The summed E-state index contributed by atoms with van der Waals surface area (Å²) in [5.41, 5.74) is 3.38. The van der Waals surface area contributed by atoms with Gasteiger partial charge in [0.2, 0.25) is 5.91 Å². The van der Waals surface area contributed by atoms with E-state index in [2.05, 4.69) is 15.7 Å². The number of hydrogen-bond acceptors (Lipinski definition) is 7. The second-order valence-electron chi connectivity index (χ2n) is 12.4. The predicted octanol–water partition coefficient (Wildman–Crippen LogP) is 4.99. The smallest absolute Gasteiger partial charge is 0.407 e. The molecular formula is C34H40ClN5O6S. The van der Waals surface area contributed by atoms with Crippen molar-refractivity contribution in [1.29, 1.82) is 0 Å². The van der Waals surface area contributed by atoms with Crippen molar-refractivity contribution in [2.75, 3.05) is 0 Å². The minimum Gasteiger partial charge on any atom is -0.444 e. The van der Waals surface area contributed by atoms with Gasteiger partial charge in [0.25, 0.3) is 15.6 Å². The second-order valence-corrected chi connectivity index (χ2v) is 14.6. The first-order valence-electron chi connectivity index (χ1n) is 15.1. The summed E-state index contributed by atoms with van der Waals surface area (Å²) in [6.45, 7) is 11.2. The third-order valence-electron chi connectivity index (χ3n) is 7.33. The van der Waals surface area contributed by atoms with Gasteiger partial charge in [-0.05, 0) is 94.6 Å². The Morgan fingerprint density at radius 1 is 0.936 bits per heavy atom. The summed E-state index contributed by atoms with van der Waals surface area (Å²) in [5.74, 6) is -0.369. The lowest BCUT2D eigenvalue weighted by Crippen LogP contribution is -2.33. The van der Waals surface area contributed by atoms with E-state index in [4.69, 9.17) is 16.3 Å². The molecule has 0 aliphatic heterocycles. The maximum Gasteiger partial charge on any atom is 0.407 e. The zero-order valence-electron chi connectivity index (χ0n) is 27.4. The highest BCUT2D eigenvalue weighted by atomic mass is 35.5. The van der Waals surface area contributed by atoms with E-state index in [-0.39, 0.29) is 48.8 Å². The predicted molar refractivity (Wildman–Crippen MR) is 180 cm³/mol. The molecule has 13 heteroatoms. The summed E-state index contributed by atoms with van der Waals surface area (Å²) in [5, 5.41) is 10.3. The molecule has 2 aromatic heterocycles. The van der Waals surface area contributed by atoms with Gasteiger partial charge in [-0.15, -0.1) is 0 Å². The molecule has 47 heavy (non-hydrogen) atoms. The van der Waals surface area contributed by atoms with Crippen LogP contribution in [-0.4, -0.2) is 39.8 Å². The van der Waals surface area contributed by atoms with Crippen molar-refractivity contribution in [2.24, 2.45) is 0 Å². The first kappa shape index (κ1) is 35.4. The lowest BCUT2D eigenvalue weighted by atomic mass is 10.1. The van der Waals surface area contributed by atoms with Gasteiger partial charge in [0.05, 0.1) is 22.7 Å². The zero-order chi connectivity index (χ0) is 34.5. The molecule has 0 saturated heterocycles. The number of halogens is 1. The van der Waals surface area contributed by atoms with Crippen molar-refractivity contribution < 1.29 is 22.7 Å². The fourth-order valence-corrected chi connectivity index (χ4v) is 6.45. The maximum absolute atomic E-state index is 13.5. The zero-order valence-corrected chi connectivity index (χ0v) is 29.0. The SMILES string of the molecule is Cc1ccc(S(=O)(=O)n2nc(C)cc2CCn2ccc(C)c(CC(=O)NCc3cc(Cl)ccc3CNC(=O)OC(C)(C)C)c2=O)cc1. The number of nitrogens with zero attached hydrogens (tertiary/aromatic N) is 3. The molecule has 2 aromatic carbocycles. The summed E-state index contributed by atoms with van der Waals surface area (Å²) in [4.78, 5) is 38.8. The minimum absolute atomic E-state index is 0.123. The fraction of sp³-hybridized carbons (Fsp3) is 0.353. The van der Waals surface area contributed by atoms with Gasteiger partial charge in [0, 0.05) is 42.8 Å². The number of ether oxygens (including phenoxy) is 1. The van der Waals surface area contributed by atoms with Crippen molar-refractivity contribution in [3.8, 4) is 0 Å². The molecule has 0 atom stereocenters. The van der Waals surface area contributed by atoms with E-state index < -0.39 is 21.7 Å². The minimum atomic E-state index is -3.93. The summed E-state index contributed by atoms with van der Waals surface area (Å²) in [7, 11) is -3.93. The molecular weight excluding hydrogens is 642 g/mol. The van der Waals surface area contributed by atoms with Crippen LogP contribution in [0, 0.1) is 20.8 Å². The van der Waals surface area contributed by atoms with Gasteiger partial charge in [-0.2, -0.15) is 17.6 Å². The molecule has 2 heterocycles. The highest BCUT2D eigenvalue weighted by molar-refractivity contribution is 7.89. The van der Waals surface area contributed by atoms with E-state index in [1.165, 1.54) is 4.57 Å². The topological polar surface area (TPSA) is 141 Å². The Bertz CT molecular complexity index is 1940. The number of carbonyl (C=O) groups is 2. The fourth-order valence-electron chi connectivity index (χ4n) is 4.89. The molecule has 4 rings (SSSR count). The Morgan fingerprint density at radius 2 is 1.62 bits per heavy atom. The summed E-state index contributed by atoms with van der Waals surface area (Å²) in [6, 6.07) is 15.2. The third kappa shape index (κ3) is 9.32. The molecule has 0 bridgehead atoms. The van der Waals surface area contributed by atoms with Crippen molar-refractivity contribution in [3.05, 3.63) is 115 Å². The van der Waals surface area contributed by atoms with Gasteiger partial charge >= 0.3 is 6.09 Å². The van der Waals surface area contributed by atoms with Crippen LogP contribution in [0.2, 0.25) is 5.02 Å². The average molecular weight is 682 g/mol. The molecule has 0 unspecified atom stereocenters. The lowest BCUT2D eigenvalue weighted by Gasteiger charge is -2.20. The van der Waals surface area contributed by atoms with Gasteiger partial charge in [0.1, 0.15) is 5.60 Å². The molecule has 0 spiro atoms. The average Bonchev–Trinajstić information content (AvgIpc) is 3.37. The quantitative estimate of drug-likeness (QED) is 0.227. The van der Waals surface area contributed by atoms with Crippen LogP contribution in [0.3, 0.4) is 0 Å². The van der Waals surface area contributed by atoms with Gasteiger partial charge in [-0.3, -0.25) is 9.59 Å². The Labute approximate surface area is 280 Å². The van der Waals surface area contributed by atoms with Crippen LogP contribution >= 0.6 is 11.6 Å². The normalized spacial score (nSPS) is 11.7. The number of carbonyl (C=O) groups excluding carboxylic acids is 2. The van der Waals surface area contributed by atoms with Crippen LogP contribution < -0.4 is 16.2 Å². The second kappa shape index (κ2) is 14.6. The summed E-state index contributed by atoms with van der Waals surface area (Å²) in [6.07, 6.45) is 1.13. The highest BCUT2D eigenvalue weighted by Gasteiger charge is 2.22. The van der Waals surface area contributed by atoms with Gasteiger partial charge < -0.3 is 19.9 Å². The van der Waals surface area contributed by atoms with Crippen LogP contribution in [-0.2, 0) is 52.0 Å². The van der Waals surface area contributed by atoms with Crippen LogP contribution in [0.5, 0.6) is 0 Å². The van der Waals surface area contributed by atoms with Gasteiger partial charge in [0.15, 0.2) is 0 Å². The molecule has 11 nitrogen and oxygen atoms in total. The van der Waals surface area contributed by atoms with Crippen molar-refractivity contribution >= 4 is 33.6 Å². The van der Waals surface area contributed by atoms with Gasteiger partial charge in [-0.1, -0.05) is 35.4 Å². The maximum atomic E-state index is 13.5. The van der Waals surface area contributed by atoms with Crippen LogP contribution in [0.1, 0.15) is 60.0 Å². The van der Waals surface area contributed by atoms with Crippen LogP contribution in [0.25, 0.3) is 0 Å². The Kier molecular flexibility index (Phi) is 11.0.